The van der Waals surface area contributed by atoms with Crippen LogP contribution in [0, 0.1) is 18.3 Å². The average molecular weight is 468 g/mol. The Morgan fingerprint density at radius 1 is 1.24 bits per heavy atom. The zero-order valence-electron chi connectivity index (χ0n) is 18.2. The Balaban J connectivity index is 1.56. The largest absolute Gasteiger partial charge is 0.484 e. The van der Waals surface area contributed by atoms with Gasteiger partial charge in [-0.25, -0.2) is 9.20 Å². The van der Waals surface area contributed by atoms with Crippen molar-refractivity contribution in [3.05, 3.63) is 59.3 Å². The number of nitrogens with one attached hydrogen (secondary N) is 1. The SMILES string of the molecule is Cc1c(-c2cc(OC(C)c3cncc(C(F)(F)F)c3)c3c(C#N)cnn3c2)nnn1C1CNC1. The highest BCUT2D eigenvalue weighted by molar-refractivity contribution is 5.74. The molecular weight excluding hydrogens is 449 g/mol. The predicted octanol–water partition coefficient (Wildman–Crippen LogP) is 3.47. The van der Waals surface area contributed by atoms with Gasteiger partial charge in [0.05, 0.1) is 23.5 Å². The van der Waals surface area contributed by atoms with Crippen LogP contribution < -0.4 is 10.1 Å². The number of halogens is 3. The number of pyridine rings is 2. The molecule has 5 heterocycles. The van der Waals surface area contributed by atoms with Crippen molar-refractivity contribution in [1.82, 2.24) is 34.9 Å². The molecule has 0 spiro atoms. The fraction of sp³-hybridized carbons (Fsp3) is 0.318. The number of hydrogen-bond donors (Lipinski definition) is 1. The molecule has 174 valence electrons. The van der Waals surface area contributed by atoms with Crippen molar-refractivity contribution in [2.45, 2.75) is 32.2 Å². The summed E-state index contributed by atoms with van der Waals surface area (Å²) in [5.74, 6) is 0.288. The lowest BCUT2D eigenvalue weighted by Crippen LogP contribution is -2.44. The zero-order valence-corrected chi connectivity index (χ0v) is 18.2. The second kappa shape index (κ2) is 8.11. The molecule has 5 rings (SSSR count). The minimum Gasteiger partial charge on any atom is -0.484 e. The van der Waals surface area contributed by atoms with Crippen LogP contribution in [0.1, 0.15) is 41.5 Å². The average Bonchev–Trinajstić information content (AvgIpc) is 3.36. The summed E-state index contributed by atoms with van der Waals surface area (Å²) in [6.07, 6.45) is -0.0805. The number of rotatable bonds is 5. The van der Waals surface area contributed by atoms with Crippen LogP contribution in [0.3, 0.4) is 0 Å². The lowest BCUT2D eigenvalue weighted by Gasteiger charge is -2.27. The van der Waals surface area contributed by atoms with Crippen LogP contribution >= 0.6 is 0 Å². The Hall–Kier alpha value is -3.98. The Morgan fingerprint density at radius 2 is 2.03 bits per heavy atom. The number of aromatic nitrogens is 6. The van der Waals surface area contributed by atoms with Crippen molar-refractivity contribution in [1.29, 1.82) is 5.26 Å². The highest BCUT2D eigenvalue weighted by Gasteiger charge is 2.32. The van der Waals surface area contributed by atoms with Crippen molar-refractivity contribution < 1.29 is 17.9 Å². The smallest absolute Gasteiger partial charge is 0.417 e. The first-order valence-corrected chi connectivity index (χ1v) is 10.5. The monoisotopic (exact) mass is 468 g/mol. The van der Waals surface area contributed by atoms with Gasteiger partial charge in [-0.05, 0) is 26.0 Å². The maximum Gasteiger partial charge on any atom is 0.417 e. The Morgan fingerprint density at radius 3 is 2.71 bits per heavy atom. The highest BCUT2D eigenvalue weighted by Crippen LogP contribution is 2.35. The summed E-state index contributed by atoms with van der Waals surface area (Å²) >= 11 is 0. The van der Waals surface area contributed by atoms with E-state index in [2.05, 4.69) is 31.8 Å². The van der Waals surface area contributed by atoms with E-state index in [4.69, 9.17) is 4.74 Å². The third kappa shape index (κ3) is 3.73. The molecule has 1 aliphatic rings. The van der Waals surface area contributed by atoms with Crippen LogP contribution in [0.15, 0.2) is 36.9 Å². The molecule has 1 aliphatic heterocycles. The maximum atomic E-state index is 13.1. The molecule has 1 fully saturated rings. The van der Waals surface area contributed by atoms with Gasteiger partial charge in [-0.3, -0.25) is 4.98 Å². The molecule has 9 nitrogen and oxygen atoms in total. The molecule has 4 aromatic heterocycles. The number of nitrogens with zero attached hydrogens (tertiary/aromatic N) is 7. The molecule has 0 amide bonds. The third-order valence-electron chi connectivity index (χ3n) is 5.86. The summed E-state index contributed by atoms with van der Waals surface area (Å²) in [7, 11) is 0. The lowest BCUT2D eigenvalue weighted by atomic mass is 10.1. The van der Waals surface area contributed by atoms with E-state index >= 15 is 0 Å². The van der Waals surface area contributed by atoms with E-state index in [-0.39, 0.29) is 22.9 Å². The molecule has 1 atom stereocenters. The second-order valence-corrected chi connectivity index (χ2v) is 8.10. The molecule has 1 N–H and O–H groups in total. The predicted molar refractivity (Wildman–Crippen MR) is 114 cm³/mol. The van der Waals surface area contributed by atoms with Gasteiger partial charge in [0.15, 0.2) is 0 Å². The molecule has 1 unspecified atom stereocenters. The van der Waals surface area contributed by atoms with Gasteiger partial charge in [0.2, 0.25) is 0 Å². The van der Waals surface area contributed by atoms with Gasteiger partial charge in [-0.1, -0.05) is 5.21 Å². The van der Waals surface area contributed by atoms with Crippen molar-refractivity contribution >= 4 is 5.52 Å². The summed E-state index contributed by atoms with van der Waals surface area (Å²) in [4.78, 5) is 3.71. The Kier molecular flexibility index (Phi) is 5.21. The van der Waals surface area contributed by atoms with Crippen LogP contribution in [0.25, 0.3) is 16.8 Å². The fourth-order valence-electron chi connectivity index (χ4n) is 3.88. The molecule has 12 heteroatoms. The van der Waals surface area contributed by atoms with E-state index in [0.717, 1.165) is 31.0 Å². The van der Waals surface area contributed by atoms with Gasteiger partial charge in [-0.2, -0.15) is 23.5 Å². The Labute approximate surface area is 191 Å². The van der Waals surface area contributed by atoms with Crippen molar-refractivity contribution in [3.63, 3.8) is 0 Å². The van der Waals surface area contributed by atoms with Gasteiger partial charge in [0, 0.05) is 42.8 Å². The molecule has 0 bridgehead atoms. The lowest BCUT2D eigenvalue weighted by molar-refractivity contribution is -0.137. The zero-order chi connectivity index (χ0) is 24.0. The molecule has 4 aromatic rings. The molecule has 0 aromatic carbocycles. The molecule has 0 aliphatic carbocycles. The normalized spacial score (nSPS) is 15.2. The van der Waals surface area contributed by atoms with Crippen LogP contribution in [0.2, 0.25) is 0 Å². The summed E-state index contributed by atoms with van der Waals surface area (Å²) in [6, 6.07) is 5.01. The van der Waals surface area contributed by atoms with Crippen LogP contribution in [-0.4, -0.2) is 42.7 Å². The number of fused-ring (bicyclic) bond motifs is 1. The van der Waals surface area contributed by atoms with E-state index < -0.39 is 17.8 Å². The van der Waals surface area contributed by atoms with E-state index in [1.807, 2.05) is 11.6 Å². The minimum atomic E-state index is -4.52. The number of ether oxygens (including phenoxy) is 1. The standard InChI is InChI=1S/C22H19F3N8O/c1-12-20(30-31-33(12)18-9-28-10-18)15-4-19(21-16(5-26)7-29-32(21)11-15)34-13(2)14-3-17(8-27-6-14)22(23,24)25/h3-4,6-8,11,13,18,28H,9-10H2,1-2H3. The fourth-order valence-corrected chi connectivity index (χ4v) is 3.88. The quantitative estimate of drug-likeness (QED) is 0.478. The van der Waals surface area contributed by atoms with E-state index in [9.17, 15) is 18.4 Å². The van der Waals surface area contributed by atoms with Crippen LogP contribution in [-0.2, 0) is 6.18 Å². The highest BCUT2D eigenvalue weighted by atomic mass is 19.4. The molecular formula is C22H19F3N8O. The summed E-state index contributed by atoms with van der Waals surface area (Å²) in [5.41, 5.74) is 2.21. The van der Waals surface area contributed by atoms with Gasteiger partial charge in [-0.15, -0.1) is 5.10 Å². The van der Waals surface area contributed by atoms with E-state index in [1.165, 1.54) is 16.9 Å². The van der Waals surface area contributed by atoms with Crippen molar-refractivity contribution in [2.24, 2.45) is 0 Å². The van der Waals surface area contributed by atoms with E-state index in [0.29, 0.717) is 16.8 Å². The van der Waals surface area contributed by atoms with Gasteiger partial charge in [0.1, 0.15) is 34.7 Å². The van der Waals surface area contributed by atoms with Crippen molar-refractivity contribution in [3.8, 4) is 23.1 Å². The van der Waals surface area contributed by atoms with Crippen molar-refractivity contribution in [2.75, 3.05) is 13.1 Å². The molecule has 0 radical (unpaired) electrons. The minimum absolute atomic E-state index is 0.226. The van der Waals surface area contributed by atoms with Crippen LogP contribution in [0.4, 0.5) is 13.2 Å². The summed E-state index contributed by atoms with van der Waals surface area (Å²) < 4.78 is 48.9. The van der Waals surface area contributed by atoms with Crippen LogP contribution in [0.5, 0.6) is 5.75 Å². The number of alkyl halides is 3. The van der Waals surface area contributed by atoms with Gasteiger partial charge < -0.3 is 10.1 Å². The first kappa shape index (κ1) is 21.8. The van der Waals surface area contributed by atoms with E-state index in [1.54, 1.807) is 19.2 Å². The Bertz CT molecular complexity index is 1410. The topological polar surface area (TPSA) is 106 Å². The number of nitriles is 1. The number of hydrogen-bond acceptors (Lipinski definition) is 7. The summed E-state index contributed by atoms with van der Waals surface area (Å²) in [6.45, 7) is 5.15. The maximum absolute atomic E-state index is 13.1. The van der Waals surface area contributed by atoms with Gasteiger partial charge in [0.25, 0.3) is 0 Å². The molecule has 1 saturated heterocycles. The van der Waals surface area contributed by atoms with Gasteiger partial charge >= 0.3 is 6.18 Å². The second-order valence-electron chi connectivity index (χ2n) is 8.10. The first-order valence-electron chi connectivity index (χ1n) is 10.5. The molecule has 34 heavy (non-hydrogen) atoms. The third-order valence-corrected chi connectivity index (χ3v) is 5.86. The first-order chi connectivity index (χ1) is 16.3. The molecule has 0 saturated carbocycles. The summed E-state index contributed by atoms with van der Waals surface area (Å²) in [5, 5.41) is 25.6.